The molecule has 0 bridgehead atoms. The van der Waals surface area contributed by atoms with Crippen LogP contribution in [0, 0.1) is 0 Å². The molecule has 1 unspecified atom stereocenters. The summed E-state index contributed by atoms with van der Waals surface area (Å²) in [6.07, 6.45) is -0.0342. The number of carbonyl (C=O) groups excluding carboxylic acids is 1. The van der Waals surface area contributed by atoms with Crippen LogP contribution in [-0.2, 0) is 11.3 Å². The highest BCUT2D eigenvalue weighted by atomic mass is 32.1. The van der Waals surface area contributed by atoms with Gasteiger partial charge in [-0.1, -0.05) is 12.1 Å². The van der Waals surface area contributed by atoms with Crippen molar-refractivity contribution in [2.75, 3.05) is 26.8 Å². The average molecular weight is 348 g/mol. The number of hydrogen-bond acceptors (Lipinski definition) is 7. The minimum absolute atomic E-state index is 0.0342. The summed E-state index contributed by atoms with van der Waals surface area (Å²) in [5.41, 5.74) is 0.850. The average Bonchev–Trinajstić information content (AvgIpc) is 3.03. The van der Waals surface area contributed by atoms with E-state index in [1.807, 2.05) is 36.7 Å². The van der Waals surface area contributed by atoms with Crippen LogP contribution < -0.4 is 9.47 Å². The third-order valence-corrected chi connectivity index (χ3v) is 4.39. The molecule has 0 spiro atoms. The van der Waals surface area contributed by atoms with Gasteiger partial charge in [0.15, 0.2) is 11.5 Å². The maximum Gasteiger partial charge on any atom is 0.367 e. The number of fused-ring (bicyclic) bond motifs is 1. The lowest BCUT2D eigenvalue weighted by molar-refractivity contribution is 0.0524. The number of likely N-dealkylation sites (N-methyl/N-ethyl adjacent to an activating group) is 1. The van der Waals surface area contributed by atoms with Crippen LogP contribution in [-0.4, -0.2) is 48.8 Å². The van der Waals surface area contributed by atoms with E-state index in [9.17, 15) is 4.79 Å². The largest absolute Gasteiger partial charge is 0.486 e. The molecule has 2 heterocycles. The zero-order chi connectivity index (χ0) is 16.9. The molecule has 0 radical (unpaired) electrons. The first-order chi connectivity index (χ1) is 11.7. The number of aromatic nitrogens is 1. The zero-order valence-electron chi connectivity index (χ0n) is 13.7. The summed E-state index contributed by atoms with van der Waals surface area (Å²) in [4.78, 5) is 18.1. The van der Waals surface area contributed by atoms with Gasteiger partial charge in [-0.3, -0.25) is 4.90 Å². The Morgan fingerprint density at radius 1 is 1.42 bits per heavy atom. The molecule has 1 aromatic carbocycles. The van der Waals surface area contributed by atoms with Gasteiger partial charge in [0.05, 0.1) is 12.3 Å². The highest BCUT2D eigenvalue weighted by Gasteiger charge is 2.22. The Bertz CT molecular complexity index is 703. The van der Waals surface area contributed by atoms with E-state index in [0.717, 1.165) is 17.2 Å². The lowest BCUT2D eigenvalue weighted by Crippen LogP contribution is -2.39. The Balaban J connectivity index is 1.53. The number of carbonyl (C=O) groups is 1. The maximum atomic E-state index is 11.7. The summed E-state index contributed by atoms with van der Waals surface area (Å²) >= 11 is 1.31. The van der Waals surface area contributed by atoms with Crippen LogP contribution in [0.25, 0.3) is 0 Å². The number of rotatable bonds is 6. The van der Waals surface area contributed by atoms with Crippen molar-refractivity contribution in [3.05, 3.63) is 40.3 Å². The lowest BCUT2D eigenvalue weighted by Gasteiger charge is -2.29. The van der Waals surface area contributed by atoms with Gasteiger partial charge >= 0.3 is 5.97 Å². The van der Waals surface area contributed by atoms with Crippen molar-refractivity contribution in [2.45, 2.75) is 19.6 Å². The third-order valence-electron chi connectivity index (χ3n) is 3.52. The fraction of sp³-hybridized carbons (Fsp3) is 0.412. The first kappa shape index (κ1) is 16.7. The summed E-state index contributed by atoms with van der Waals surface area (Å²) in [7, 11) is 1.99. The molecule has 0 saturated carbocycles. The number of thiazole rings is 1. The molecule has 24 heavy (non-hydrogen) atoms. The van der Waals surface area contributed by atoms with Crippen molar-refractivity contribution < 1.29 is 19.0 Å². The van der Waals surface area contributed by atoms with Gasteiger partial charge in [0.1, 0.15) is 12.7 Å². The normalized spacial score (nSPS) is 16.2. The second-order valence-corrected chi connectivity index (χ2v) is 6.42. The van der Waals surface area contributed by atoms with Crippen LogP contribution in [0.2, 0.25) is 0 Å². The van der Waals surface area contributed by atoms with Crippen molar-refractivity contribution in [3.63, 3.8) is 0 Å². The molecule has 1 aliphatic rings. The smallest absolute Gasteiger partial charge is 0.367 e. The summed E-state index contributed by atoms with van der Waals surface area (Å²) in [6.45, 7) is 4.00. The molecule has 0 fully saturated rings. The monoisotopic (exact) mass is 348 g/mol. The second-order valence-electron chi connectivity index (χ2n) is 5.56. The highest BCUT2D eigenvalue weighted by molar-refractivity contribution is 7.11. The molecule has 0 amide bonds. The van der Waals surface area contributed by atoms with E-state index in [1.165, 1.54) is 11.3 Å². The van der Waals surface area contributed by atoms with Crippen molar-refractivity contribution in [1.29, 1.82) is 0 Å². The molecule has 7 heteroatoms. The van der Waals surface area contributed by atoms with Gasteiger partial charge in [-0.2, -0.15) is 0 Å². The van der Waals surface area contributed by atoms with Crippen molar-refractivity contribution >= 4 is 17.3 Å². The SMILES string of the molecule is CCOC(=O)c1nc(CN(C)CC2COc3ccccc3O2)cs1. The fourth-order valence-electron chi connectivity index (χ4n) is 2.51. The van der Waals surface area contributed by atoms with Gasteiger partial charge < -0.3 is 14.2 Å². The zero-order valence-corrected chi connectivity index (χ0v) is 14.5. The fourth-order valence-corrected chi connectivity index (χ4v) is 3.21. The maximum absolute atomic E-state index is 11.7. The Labute approximate surface area is 145 Å². The number of nitrogens with zero attached hydrogens (tertiary/aromatic N) is 2. The van der Waals surface area contributed by atoms with Gasteiger partial charge in [-0.15, -0.1) is 11.3 Å². The topological polar surface area (TPSA) is 60.9 Å². The lowest BCUT2D eigenvalue weighted by atomic mass is 10.2. The molecule has 0 N–H and O–H groups in total. The van der Waals surface area contributed by atoms with Crippen molar-refractivity contribution in [3.8, 4) is 11.5 Å². The molecule has 0 saturated heterocycles. The summed E-state index contributed by atoms with van der Waals surface area (Å²) in [5, 5.41) is 2.28. The predicted molar refractivity (Wildman–Crippen MR) is 90.8 cm³/mol. The molecule has 6 nitrogen and oxygen atoms in total. The minimum atomic E-state index is -0.364. The van der Waals surface area contributed by atoms with E-state index in [4.69, 9.17) is 14.2 Å². The summed E-state index contributed by atoms with van der Waals surface area (Å²) in [6, 6.07) is 7.67. The Morgan fingerprint density at radius 2 is 2.21 bits per heavy atom. The molecular weight excluding hydrogens is 328 g/mol. The van der Waals surface area contributed by atoms with E-state index in [-0.39, 0.29) is 12.1 Å². The van der Waals surface area contributed by atoms with Crippen molar-refractivity contribution in [2.24, 2.45) is 0 Å². The molecule has 1 aliphatic heterocycles. The van der Waals surface area contributed by atoms with Gasteiger partial charge in [0.2, 0.25) is 5.01 Å². The van der Waals surface area contributed by atoms with Crippen LogP contribution in [0.5, 0.6) is 11.5 Å². The van der Waals surface area contributed by atoms with Gasteiger partial charge in [-0.05, 0) is 26.1 Å². The van der Waals surface area contributed by atoms with E-state index < -0.39 is 0 Å². The molecule has 1 aromatic heterocycles. The number of benzene rings is 1. The van der Waals surface area contributed by atoms with Crippen LogP contribution in [0.3, 0.4) is 0 Å². The number of esters is 1. The van der Waals surface area contributed by atoms with E-state index in [2.05, 4.69) is 9.88 Å². The highest BCUT2D eigenvalue weighted by Crippen LogP contribution is 2.31. The Hall–Kier alpha value is -2.12. The number of para-hydroxylation sites is 2. The molecular formula is C17H20N2O4S. The van der Waals surface area contributed by atoms with Gasteiger partial charge in [-0.25, -0.2) is 9.78 Å². The standard InChI is InChI=1S/C17H20N2O4S/c1-3-21-17(20)16-18-12(11-24-16)8-19(2)9-13-10-22-14-6-4-5-7-15(14)23-13/h4-7,11,13H,3,8-10H2,1-2H3. The quantitative estimate of drug-likeness (QED) is 0.748. The predicted octanol–water partition coefficient (Wildman–Crippen LogP) is 2.59. The molecule has 2 aromatic rings. The van der Waals surface area contributed by atoms with Crippen LogP contribution in [0.1, 0.15) is 22.4 Å². The molecule has 128 valence electrons. The second kappa shape index (κ2) is 7.63. The number of hydrogen-bond donors (Lipinski definition) is 0. The first-order valence-corrected chi connectivity index (χ1v) is 8.72. The van der Waals surface area contributed by atoms with Gasteiger partial charge in [0.25, 0.3) is 0 Å². The summed E-state index contributed by atoms with van der Waals surface area (Å²) in [5.74, 6) is 1.20. The van der Waals surface area contributed by atoms with Crippen LogP contribution in [0.4, 0.5) is 0 Å². The van der Waals surface area contributed by atoms with Crippen LogP contribution in [0.15, 0.2) is 29.6 Å². The van der Waals surface area contributed by atoms with E-state index in [1.54, 1.807) is 6.92 Å². The third kappa shape index (κ3) is 4.04. The Morgan fingerprint density at radius 3 is 3.00 bits per heavy atom. The van der Waals surface area contributed by atoms with E-state index in [0.29, 0.717) is 31.3 Å². The molecule has 3 rings (SSSR count). The first-order valence-electron chi connectivity index (χ1n) is 7.84. The Kier molecular flexibility index (Phi) is 5.32. The van der Waals surface area contributed by atoms with Gasteiger partial charge in [0, 0.05) is 18.5 Å². The molecule has 1 atom stereocenters. The van der Waals surface area contributed by atoms with E-state index >= 15 is 0 Å². The molecule has 0 aliphatic carbocycles. The van der Waals surface area contributed by atoms with Crippen LogP contribution >= 0.6 is 11.3 Å². The summed E-state index contributed by atoms with van der Waals surface area (Å²) < 4.78 is 16.6. The van der Waals surface area contributed by atoms with Crippen molar-refractivity contribution in [1.82, 2.24) is 9.88 Å². The number of ether oxygens (including phenoxy) is 3. The minimum Gasteiger partial charge on any atom is -0.486 e.